The molecule has 0 saturated heterocycles. The molecule has 0 bridgehead atoms. The van der Waals surface area contributed by atoms with Gasteiger partial charge < -0.3 is 4.74 Å². The molecule has 1 unspecified atom stereocenters. The van der Waals surface area contributed by atoms with Gasteiger partial charge in [0.2, 0.25) is 0 Å². The number of aryl methyl sites for hydroxylation is 1. The predicted octanol–water partition coefficient (Wildman–Crippen LogP) is 7.36. The highest BCUT2D eigenvalue weighted by Crippen LogP contribution is 2.37. The highest BCUT2D eigenvalue weighted by molar-refractivity contribution is 14.1. The molecule has 0 fully saturated rings. The topological polar surface area (TPSA) is 21.6 Å². The van der Waals surface area contributed by atoms with E-state index in [-0.39, 0.29) is 5.54 Å². The minimum absolute atomic E-state index is 0.356. The van der Waals surface area contributed by atoms with Crippen LogP contribution < -0.4 is 4.74 Å². The molecular formula is C29H24INO. The Bertz CT molecular complexity index is 1280. The zero-order valence-electron chi connectivity index (χ0n) is 17.7. The number of halogens is 1. The van der Waals surface area contributed by atoms with E-state index in [1.165, 1.54) is 25.5 Å². The molecule has 0 spiro atoms. The molecule has 32 heavy (non-hydrogen) atoms. The van der Waals surface area contributed by atoms with Crippen LogP contribution in [0.4, 0.5) is 0 Å². The summed E-state index contributed by atoms with van der Waals surface area (Å²) in [6.07, 6.45) is 6.15. The van der Waals surface area contributed by atoms with Crippen LogP contribution >= 0.6 is 22.6 Å². The molecule has 0 aliphatic carbocycles. The second-order valence-electron chi connectivity index (χ2n) is 8.19. The minimum Gasteiger partial charge on any atom is -0.489 e. The van der Waals surface area contributed by atoms with Crippen LogP contribution in [0, 0.1) is 3.57 Å². The molecule has 2 nitrogen and oxygen atoms in total. The summed E-state index contributed by atoms with van der Waals surface area (Å²) >= 11 is 2.35. The van der Waals surface area contributed by atoms with Crippen molar-refractivity contribution in [2.45, 2.75) is 18.4 Å². The van der Waals surface area contributed by atoms with Gasteiger partial charge in [-0.3, -0.25) is 4.99 Å². The summed E-state index contributed by atoms with van der Waals surface area (Å²) in [6, 6.07) is 34.0. The Morgan fingerprint density at radius 3 is 2.34 bits per heavy atom. The molecule has 4 aromatic carbocycles. The molecule has 4 aromatic rings. The maximum Gasteiger partial charge on any atom is 0.119 e. The van der Waals surface area contributed by atoms with Crippen molar-refractivity contribution in [3.05, 3.63) is 123 Å². The Balaban J connectivity index is 1.39. The van der Waals surface area contributed by atoms with Crippen molar-refractivity contribution < 1.29 is 4.74 Å². The Kier molecular flexibility index (Phi) is 6.08. The maximum atomic E-state index is 5.99. The monoisotopic (exact) mass is 529 g/mol. The van der Waals surface area contributed by atoms with Crippen LogP contribution in [0.15, 0.2) is 114 Å². The van der Waals surface area contributed by atoms with Crippen molar-refractivity contribution in [3.8, 4) is 5.75 Å². The van der Waals surface area contributed by atoms with E-state index < -0.39 is 0 Å². The van der Waals surface area contributed by atoms with Crippen LogP contribution in [-0.4, -0.2) is 12.8 Å². The molecule has 1 atom stereocenters. The number of aliphatic imine (C=N–C) groups is 1. The van der Waals surface area contributed by atoms with E-state index in [1.54, 1.807) is 0 Å². The summed E-state index contributed by atoms with van der Waals surface area (Å²) in [5, 5.41) is 2.57. The molecule has 0 saturated carbocycles. The van der Waals surface area contributed by atoms with Gasteiger partial charge in [0.25, 0.3) is 0 Å². The van der Waals surface area contributed by atoms with Crippen molar-refractivity contribution >= 4 is 39.6 Å². The van der Waals surface area contributed by atoms with Gasteiger partial charge in [0.05, 0.1) is 0 Å². The number of ether oxygens (including phenoxy) is 1. The first-order valence-corrected chi connectivity index (χ1v) is 12.0. The molecule has 0 radical (unpaired) electrons. The number of nitrogens with zero attached hydrogens (tertiary/aromatic N) is 1. The van der Waals surface area contributed by atoms with E-state index in [4.69, 9.17) is 9.73 Å². The fourth-order valence-corrected chi connectivity index (χ4v) is 4.61. The summed E-state index contributed by atoms with van der Waals surface area (Å²) in [5.74, 6) is 0.879. The Morgan fingerprint density at radius 1 is 0.781 bits per heavy atom. The van der Waals surface area contributed by atoms with Crippen LogP contribution in [-0.2, 0) is 12.0 Å². The molecule has 1 heterocycles. The Morgan fingerprint density at radius 2 is 1.53 bits per heavy atom. The second kappa shape index (κ2) is 9.29. The number of hydrogen-bond acceptors (Lipinski definition) is 2. The molecule has 0 N–H and O–H groups in total. The fourth-order valence-electron chi connectivity index (χ4n) is 4.25. The third-order valence-corrected chi connectivity index (χ3v) is 6.71. The number of fused-ring (bicyclic) bond motifs is 1. The van der Waals surface area contributed by atoms with Gasteiger partial charge in [-0.25, -0.2) is 0 Å². The Hall–Kier alpha value is -2.92. The number of benzene rings is 4. The van der Waals surface area contributed by atoms with E-state index in [2.05, 4.69) is 95.4 Å². The van der Waals surface area contributed by atoms with Crippen LogP contribution in [0.1, 0.15) is 17.5 Å². The van der Waals surface area contributed by atoms with Gasteiger partial charge in [-0.1, -0.05) is 72.8 Å². The van der Waals surface area contributed by atoms with Crippen LogP contribution in [0.3, 0.4) is 0 Å². The van der Waals surface area contributed by atoms with E-state index in [9.17, 15) is 0 Å². The number of hydrogen-bond donors (Lipinski definition) is 0. The summed E-state index contributed by atoms with van der Waals surface area (Å²) in [5.41, 5.74) is 3.33. The molecule has 1 aliphatic heterocycles. The van der Waals surface area contributed by atoms with Gasteiger partial charge in [0.1, 0.15) is 17.9 Å². The van der Waals surface area contributed by atoms with E-state index in [0.29, 0.717) is 6.61 Å². The fraction of sp³-hybridized carbons (Fsp3) is 0.138. The smallest absolute Gasteiger partial charge is 0.119 e. The van der Waals surface area contributed by atoms with Crippen molar-refractivity contribution in [2.75, 3.05) is 6.61 Å². The minimum atomic E-state index is -0.356. The second-order valence-corrected chi connectivity index (χ2v) is 9.44. The Labute approximate surface area is 202 Å². The summed E-state index contributed by atoms with van der Waals surface area (Å²) in [7, 11) is 0. The van der Waals surface area contributed by atoms with Gasteiger partial charge in [0.15, 0.2) is 0 Å². The highest BCUT2D eigenvalue weighted by Gasteiger charge is 2.32. The van der Waals surface area contributed by atoms with E-state index >= 15 is 0 Å². The lowest BCUT2D eigenvalue weighted by Crippen LogP contribution is -2.20. The predicted molar refractivity (Wildman–Crippen MR) is 142 cm³/mol. The third-order valence-electron chi connectivity index (χ3n) is 5.99. The molecule has 0 aromatic heterocycles. The lowest BCUT2D eigenvalue weighted by Gasteiger charge is -2.25. The van der Waals surface area contributed by atoms with Crippen LogP contribution in [0.5, 0.6) is 5.75 Å². The van der Waals surface area contributed by atoms with Crippen molar-refractivity contribution in [1.29, 1.82) is 0 Å². The average molecular weight is 529 g/mol. The lowest BCUT2D eigenvalue weighted by molar-refractivity contribution is 0.357. The van der Waals surface area contributed by atoms with E-state index in [1.807, 2.05) is 36.5 Å². The van der Waals surface area contributed by atoms with Gasteiger partial charge in [0, 0.05) is 15.4 Å². The van der Waals surface area contributed by atoms with Crippen molar-refractivity contribution in [2.24, 2.45) is 4.99 Å². The quantitative estimate of drug-likeness (QED) is 0.229. The number of rotatable bonds is 7. The highest BCUT2D eigenvalue weighted by atomic mass is 127. The zero-order valence-corrected chi connectivity index (χ0v) is 19.9. The largest absolute Gasteiger partial charge is 0.489 e. The summed E-state index contributed by atoms with van der Waals surface area (Å²) in [6.45, 7) is 0.523. The van der Waals surface area contributed by atoms with Gasteiger partial charge in [-0.15, -0.1) is 0 Å². The first-order chi connectivity index (χ1) is 15.7. The summed E-state index contributed by atoms with van der Waals surface area (Å²) < 4.78 is 7.22. The normalized spacial score (nSPS) is 17.5. The lowest BCUT2D eigenvalue weighted by atomic mass is 9.84. The summed E-state index contributed by atoms with van der Waals surface area (Å²) in [4.78, 5) is 5.04. The van der Waals surface area contributed by atoms with Gasteiger partial charge in [-0.2, -0.15) is 0 Å². The first-order valence-electron chi connectivity index (χ1n) is 10.9. The van der Waals surface area contributed by atoms with Crippen LogP contribution in [0.25, 0.3) is 10.8 Å². The average Bonchev–Trinajstić information content (AvgIpc) is 3.27. The van der Waals surface area contributed by atoms with Gasteiger partial charge >= 0.3 is 0 Å². The zero-order chi connectivity index (χ0) is 21.8. The first kappa shape index (κ1) is 21.0. The number of para-hydroxylation sites is 1. The molecular weight excluding hydrogens is 505 g/mol. The molecule has 158 valence electrons. The molecule has 3 heteroatoms. The molecule has 1 aliphatic rings. The van der Waals surface area contributed by atoms with Crippen molar-refractivity contribution in [1.82, 2.24) is 0 Å². The van der Waals surface area contributed by atoms with E-state index in [0.717, 1.165) is 24.2 Å². The standard InChI is InChI=1S/C29H24INO/c30-27-14-12-26(13-15-27)29(17-16-22-10-11-24-6-4-5-7-25(24)18-22)19-23(20-31-29)21-32-28-8-2-1-3-9-28/h1-15,18-20H,16-17,21H2. The third kappa shape index (κ3) is 4.63. The van der Waals surface area contributed by atoms with Gasteiger partial charge in [-0.05, 0) is 87.7 Å². The maximum absolute atomic E-state index is 5.99. The van der Waals surface area contributed by atoms with Crippen molar-refractivity contribution in [3.63, 3.8) is 0 Å². The SMILES string of the molecule is Ic1ccc(C2(CCc3ccc4ccccc4c3)C=C(COc3ccccc3)C=N2)cc1. The van der Waals surface area contributed by atoms with Crippen LogP contribution in [0.2, 0.25) is 0 Å². The molecule has 0 amide bonds. The molecule has 5 rings (SSSR count).